The molecule has 2 rings (SSSR count). The predicted molar refractivity (Wildman–Crippen MR) is 82.9 cm³/mol. The van der Waals surface area contributed by atoms with Gasteiger partial charge in [-0.25, -0.2) is 9.97 Å². The average molecular weight is 275 g/mol. The highest BCUT2D eigenvalue weighted by Crippen LogP contribution is 2.29. The van der Waals surface area contributed by atoms with Crippen LogP contribution < -0.4 is 5.32 Å². The molecule has 0 unspecified atom stereocenters. The lowest BCUT2D eigenvalue weighted by Crippen LogP contribution is -2.17. The largest absolute Gasteiger partial charge is 0.370 e. The highest BCUT2D eigenvalue weighted by atomic mass is 32.1. The molecular weight excluding hydrogens is 254 g/mol. The van der Waals surface area contributed by atoms with E-state index in [0.717, 1.165) is 23.9 Å². The average Bonchev–Trinajstić information content (AvgIpc) is 2.74. The molecule has 0 aliphatic heterocycles. The first kappa shape index (κ1) is 14.0. The summed E-state index contributed by atoms with van der Waals surface area (Å²) >= 11 is 1.75. The summed E-state index contributed by atoms with van der Waals surface area (Å²) in [7, 11) is 0. The highest BCUT2D eigenvalue weighted by Gasteiger charge is 2.20. The smallest absolute Gasteiger partial charge is 0.136 e. The second kappa shape index (κ2) is 5.29. The van der Waals surface area contributed by atoms with Crippen molar-refractivity contribution in [2.45, 2.75) is 40.0 Å². The number of thiophene rings is 1. The number of hydrogen-bond acceptors (Lipinski definition) is 4. The van der Waals surface area contributed by atoms with Gasteiger partial charge in [-0.15, -0.1) is 11.3 Å². The molecule has 0 aromatic carbocycles. The van der Waals surface area contributed by atoms with Gasteiger partial charge in [0.1, 0.15) is 11.6 Å². The fourth-order valence-electron chi connectivity index (χ4n) is 1.84. The Hall–Kier alpha value is -1.42. The molecule has 0 amide bonds. The molecule has 0 spiro atoms. The fourth-order valence-corrected chi connectivity index (χ4v) is 2.55. The standard InChI is InChI=1S/C15H21N3S/c1-6-16-13-9-12(11-7-8-19-10(11)2)17-14(18-13)15(3,4)5/h7-9H,6H2,1-5H3,(H,16,17,18). The summed E-state index contributed by atoms with van der Waals surface area (Å²) in [6.45, 7) is 11.5. The van der Waals surface area contributed by atoms with Gasteiger partial charge in [-0.3, -0.25) is 0 Å². The number of rotatable bonds is 3. The summed E-state index contributed by atoms with van der Waals surface area (Å²) in [6.07, 6.45) is 0. The quantitative estimate of drug-likeness (QED) is 0.910. The van der Waals surface area contributed by atoms with E-state index >= 15 is 0 Å². The highest BCUT2D eigenvalue weighted by molar-refractivity contribution is 7.10. The molecular formula is C15H21N3S. The van der Waals surface area contributed by atoms with Crippen molar-refractivity contribution in [3.8, 4) is 11.3 Å². The first-order valence-electron chi connectivity index (χ1n) is 6.59. The zero-order valence-corrected chi connectivity index (χ0v) is 13.1. The monoisotopic (exact) mass is 275 g/mol. The Balaban J connectivity index is 2.55. The molecule has 0 saturated heterocycles. The Morgan fingerprint density at radius 1 is 1.26 bits per heavy atom. The van der Waals surface area contributed by atoms with Crippen LogP contribution in [0, 0.1) is 6.92 Å². The van der Waals surface area contributed by atoms with Crippen molar-refractivity contribution in [2.24, 2.45) is 0 Å². The van der Waals surface area contributed by atoms with E-state index in [9.17, 15) is 0 Å². The number of nitrogens with one attached hydrogen (secondary N) is 1. The summed E-state index contributed by atoms with van der Waals surface area (Å²) in [6, 6.07) is 4.16. The Labute approximate surface area is 119 Å². The fraction of sp³-hybridized carbons (Fsp3) is 0.467. The molecule has 0 saturated carbocycles. The lowest BCUT2D eigenvalue weighted by molar-refractivity contribution is 0.546. The second-order valence-electron chi connectivity index (χ2n) is 5.63. The maximum atomic E-state index is 4.75. The van der Waals surface area contributed by atoms with Crippen molar-refractivity contribution in [1.29, 1.82) is 0 Å². The maximum Gasteiger partial charge on any atom is 0.136 e. The molecule has 0 bridgehead atoms. The predicted octanol–water partition coefficient (Wildman–Crippen LogP) is 4.24. The zero-order chi connectivity index (χ0) is 14.0. The van der Waals surface area contributed by atoms with Crippen molar-refractivity contribution >= 4 is 17.2 Å². The van der Waals surface area contributed by atoms with Crippen LogP contribution in [0.1, 0.15) is 38.4 Å². The Morgan fingerprint density at radius 3 is 2.53 bits per heavy atom. The van der Waals surface area contributed by atoms with Gasteiger partial charge in [-0.05, 0) is 25.3 Å². The first-order chi connectivity index (χ1) is 8.91. The molecule has 4 heteroatoms. The number of aryl methyl sites for hydroxylation is 1. The van der Waals surface area contributed by atoms with Crippen LogP contribution in [0.5, 0.6) is 0 Å². The van der Waals surface area contributed by atoms with Crippen LogP contribution in [0.4, 0.5) is 5.82 Å². The summed E-state index contributed by atoms with van der Waals surface area (Å²) in [5.74, 6) is 1.79. The van der Waals surface area contributed by atoms with Crippen molar-refractivity contribution in [1.82, 2.24) is 9.97 Å². The van der Waals surface area contributed by atoms with E-state index in [4.69, 9.17) is 4.98 Å². The van der Waals surface area contributed by atoms with Crippen molar-refractivity contribution in [2.75, 3.05) is 11.9 Å². The molecule has 3 nitrogen and oxygen atoms in total. The lowest BCUT2D eigenvalue weighted by Gasteiger charge is -2.18. The van der Waals surface area contributed by atoms with Crippen LogP contribution in [0.25, 0.3) is 11.3 Å². The van der Waals surface area contributed by atoms with Crippen LogP contribution in [-0.2, 0) is 5.41 Å². The van der Waals surface area contributed by atoms with Crippen LogP contribution in [0.2, 0.25) is 0 Å². The molecule has 2 aromatic rings. The zero-order valence-electron chi connectivity index (χ0n) is 12.2. The van der Waals surface area contributed by atoms with Crippen molar-refractivity contribution in [3.63, 3.8) is 0 Å². The number of hydrogen-bond donors (Lipinski definition) is 1. The maximum absolute atomic E-state index is 4.75. The minimum absolute atomic E-state index is 0.0515. The first-order valence-corrected chi connectivity index (χ1v) is 7.47. The Morgan fingerprint density at radius 2 is 2.00 bits per heavy atom. The SMILES string of the molecule is CCNc1cc(-c2ccsc2C)nc(C(C)(C)C)n1. The van der Waals surface area contributed by atoms with Crippen LogP contribution in [0.15, 0.2) is 17.5 Å². The molecule has 2 heterocycles. The van der Waals surface area contributed by atoms with Crippen LogP contribution in [0.3, 0.4) is 0 Å². The van der Waals surface area contributed by atoms with Gasteiger partial charge in [0.25, 0.3) is 0 Å². The third kappa shape index (κ3) is 3.13. The molecule has 0 fully saturated rings. The molecule has 0 aliphatic rings. The van der Waals surface area contributed by atoms with E-state index in [0.29, 0.717) is 0 Å². The third-order valence-corrected chi connectivity index (χ3v) is 3.74. The molecule has 1 N–H and O–H groups in total. The van der Waals surface area contributed by atoms with Gasteiger partial charge in [-0.2, -0.15) is 0 Å². The number of nitrogens with zero attached hydrogens (tertiary/aromatic N) is 2. The minimum atomic E-state index is -0.0515. The summed E-state index contributed by atoms with van der Waals surface area (Å²) in [5.41, 5.74) is 2.16. The summed E-state index contributed by atoms with van der Waals surface area (Å²) in [4.78, 5) is 10.7. The third-order valence-electron chi connectivity index (χ3n) is 2.89. The molecule has 102 valence electrons. The van der Waals surface area contributed by atoms with Crippen molar-refractivity contribution in [3.05, 3.63) is 28.2 Å². The normalized spacial score (nSPS) is 11.6. The Kier molecular flexibility index (Phi) is 3.90. The minimum Gasteiger partial charge on any atom is -0.370 e. The van der Waals surface area contributed by atoms with E-state index in [1.165, 1.54) is 10.4 Å². The molecule has 0 aliphatic carbocycles. The second-order valence-corrected chi connectivity index (χ2v) is 6.75. The van der Waals surface area contributed by atoms with Gasteiger partial charge in [-0.1, -0.05) is 20.8 Å². The summed E-state index contributed by atoms with van der Waals surface area (Å²) in [5, 5.41) is 5.40. The van der Waals surface area contributed by atoms with Crippen LogP contribution >= 0.6 is 11.3 Å². The van der Waals surface area contributed by atoms with E-state index in [1.807, 2.05) is 6.07 Å². The number of anilines is 1. The molecule has 0 atom stereocenters. The van der Waals surface area contributed by atoms with Crippen LogP contribution in [-0.4, -0.2) is 16.5 Å². The number of aromatic nitrogens is 2. The van der Waals surface area contributed by atoms with Gasteiger partial charge in [0.05, 0.1) is 5.69 Å². The summed E-state index contributed by atoms with van der Waals surface area (Å²) < 4.78 is 0. The van der Waals surface area contributed by atoms with E-state index in [2.05, 4.69) is 56.4 Å². The molecule has 0 radical (unpaired) electrons. The molecule has 2 aromatic heterocycles. The van der Waals surface area contributed by atoms with E-state index in [-0.39, 0.29) is 5.41 Å². The van der Waals surface area contributed by atoms with Gasteiger partial charge < -0.3 is 5.32 Å². The van der Waals surface area contributed by atoms with E-state index < -0.39 is 0 Å². The lowest BCUT2D eigenvalue weighted by atomic mass is 9.95. The Bertz CT molecular complexity index is 567. The van der Waals surface area contributed by atoms with Gasteiger partial charge >= 0.3 is 0 Å². The van der Waals surface area contributed by atoms with Gasteiger partial charge in [0.2, 0.25) is 0 Å². The van der Waals surface area contributed by atoms with Gasteiger partial charge in [0, 0.05) is 28.5 Å². The van der Waals surface area contributed by atoms with Gasteiger partial charge in [0.15, 0.2) is 0 Å². The van der Waals surface area contributed by atoms with Crippen molar-refractivity contribution < 1.29 is 0 Å². The molecule has 19 heavy (non-hydrogen) atoms. The topological polar surface area (TPSA) is 37.8 Å². The van der Waals surface area contributed by atoms with E-state index in [1.54, 1.807) is 11.3 Å².